The van der Waals surface area contributed by atoms with Crippen LogP contribution >= 0.6 is 0 Å². The van der Waals surface area contributed by atoms with E-state index in [0.29, 0.717) is 28.8 Å². The van der Waals surface area contributed by atoms with E-state index >= 15 is 0 Å². The van der Waals surface area contributed by atoms with Crippen molar-refractivity contribution in [2.75, 3.05) is 26.2 Å². The van der Waals surface area contributed by atoms with Gasteiger partial charge in [0.2, 0.25) is 0 Å². The van der Waals surface area contributed by atoms with E-state index in [4.69, 9.17) is 0 Å². The normalized spacial score (nSPS) is 17.3. The lowest BCUT2D eigenvalue weighted by Gasteiger charge is -2.37. The summed E-state index contributed by atoms with van der Waals surface area (Å²) < 4.78 is 38.8. The van der Waals surface area contributed by atoms with E-state index in [9.17, 15) is 18.0 Å². The Morgan fingerprint density at radius 1 is 1.07 bits per heavy atom. The van der Waals surface area contributed by atoms with Gasteiger partial charge in [-0.3, -0.25) is 14.6 Å². The number of nitrogens with zero attached hydrogens (tertiary/aromatic N) is 3. The molecule has 1 saturated heterocycles. The number of rotatable bonds is 4. The molecule has 30 heavy (non-hydrogen) atoms. The van der Waals surface area contributed by atoms with E-state index in [-0.39, 0.29) is 11.6 Å². The summed E-state index contributed by atoms with van der Waals surface area (Å²) in [6, 6.07) is 12.7. The molecule has 1 atom stereocenters. The quantitative estimate of drug-likeness (QED) is 0.703. The Balaban J connectivity index is 1.41. The van der Waals surface area contributed by atoms with Gasteiger partial charge in [-0.25, -0.2) is 4.98 Å². The number of aromatic nitrogens is 2. The highest BCUT2D eigenvalue weighted by molar-refractivity contribution is 5.77. The first kappa shape index (κ1) is 20.6. The molecule has 1 aliphatic heterocycles. The van der Waals surface area contributed by atoms with Gasteiger partial charge in [0.1, 0.15) is 5.82 Å². The number of aromatic amines is 1. The van der Waals surface area contributed by atoms with Crippen molar-refractivity contribution in [3.05, 3.63) is 75.8 Å². The SMILES string of the molecule is C[C@H](c1nc2ccccc2c(=O)[nH]1)N1CCN(Cc2cccc(C(F)(F)F)c2)CC1. The van der Waals surface area contributed by atoms with Gasteiger partial charge in [-0.1, -0.05) is 30.3 Å². The zero-order chi connectivity index (χ0) is 21.3. The topological polar surface area (TPSA) is 52.2 Å². The lowest BCUT2D eigenvalue weighted by atomic mass is 10.1. The maximum Gasteiger partial charge on any atom is 0.416 e. The van der Waals surface area contributed by atoms with Crippen LogP contribution in [0.25, 0.3) is 10.9 Å². The van der Waals surface area contributed by atoms with E-state index in [2.05, 4.69) is 19.8 Å². The zero-order valence-corrected chi connectivity index (χ0v) is 16.6. The molecule has 8 heteroatoms. The van der Waals surface area contributed by atoms with Crippen LogP contribution in [0.5, 0.6) is 0 Å². The Bertz CT molecular complexity index is 1090. The average Bonchev–Trinajstić information content (AvgIpc) is 2.73. The molecule has 1 N–H and O–H groups in total. The largest absolute Gasteiger partial charge is 0.416 e. The molecule has 0 radical (unpaired) electrons. The Labute approximate surface area is 172 Å². The van der Waals surface area contributed by atoms with Crippen LogP contribution in [0.2, 0.25) is 0 Å². The molecule has 2 aromatic carbocycles. The third kappa shape index (κ3) is 4.39. The molecule has 0 amide bonds. The van der Waals surface area contributed by atoms with E-state index in [1.54, 1.807) is 12.1 Å². The lowest BCUT2D eigenvalue weighted by molar-refractivity contribution is -0.137. The van der Waals surface area contributed by atoms with Crippen LogP contribution in [-0.4, -0.2) is 45.9 Å². The molecule has 0 bridgehead atoms. The van der Waals surface area contributed by atoms with Crippen molar-refractivity contribution < 1.29 is 13.2 Å². The second kappa shape index (κ2) is 8.20. The summed E-state index contributed by atoms with van der Waals surface area (Å²) in [4.78, 5) is 24.2. The molecule has 3 aromatic rings. The summed E-state index contributed by atoms with van der Waals surface area (Å²) in [6.07, 6.45) is -4.33. The zero-order valence-electron chi connectivity index (χ0n) is 16.6. The minimum atomic E-state index is -4.33. The van der Waals surface area contributed by atoms with E-state index in [1.807, 2.05) is 25.1 Å². The van der Waals surface area contributed by atoms with Crippen molar-refractivity contribution >= 4 is 10.9 Å². The number of halogens is 3. The maximum absolute atomic E-state index is 12.9. The summed E-state index contributed by atoms with van der Waals surface area (Å²) in [7, 11) is 0. The van der Waals surface area contributed by atoms with Crippen LogP contribution in [0, 0.1) is 0 Å². The van der Waals surface area contributed by atoms with E-state index in [1.165, 1.54) is 12.1 Å². The molecular formula is C22H23F3N4O. The second-order valence-electron chi connectivity index (χ2n) is 7.65. The number of para-hydroxylation sites is 1. The average molecular weight is 416 g/mol. The Morgan fingerprint density at radius 2 is 1.80 bits per heavy atom. The molecule has 2 heterocycles. The standard InChI is InChI=1S/C22H23F3N4O/c1-15(20-26-19-8-3-2-7-18(19)21(30)27-20)29-11-9-28(10-12-29)14-16-5-4-6-17(13-16)22(23,24)25/h2-8,13,15H,9-12,14H2,1H3,(H,26,27,30)/t15-/m1/s1. The lowest BCUT2D eigenvalue weighted by Crippen LogP contribution is -2.47. The molecule has 1 aromatic heterocycles. The summed E-state index contributed by atoms with van der Waals surface area (Å²) in [5.41, 5.74) is 0.572. The van der Waals surface area contributed by atoms with Crippen molar-refractivity contribution in [2.24, 2.45) is 0 Å². The third-order valence-electron chi connectivity index (χ3n) is 5.64. The first-order valence-electron chi connectivity index (χ1n) is 9.93. The highest BCUT2D eigenvalue weighted by atomic mass is 19.4. The summed E-state index contributed by atoms with van der Waals surface area (Å²) >= 11 is 0. The number of hydrogen-bond donors (Lipinski definition) is 1. The number of H-pyrrole nitrogens is 1. The highest BCUT2D eigenvalue weighted by Gasteiger charge is 2.30. The minimum absolute atomic E-state index is 0.0574. The van der Waals surface area contributed by atoms with Gasteiger partial charge in [0.25, 0.3) is 5.56 Å². The fourth-order valence-corrected chi connectivity index (χ4v) is 3.89. The molecule has 0 aliphatic carbocycles. The number of piperazine rings is 1. The number of alkyl halides is 3. The van der Waals surface area contributed by atoms with Gasteiger partial charge in [0.05, 0.1) is 22.5 Å². The van der Waals surface area contributed by atoms with Gasteiger partial charge in [0.15, 0.2) is 0 Å². The molecule has 0 spiro atoms. The van der Waals surface area contributed by atoms with Crippen molar-refractivity contribution in [2.45, 2.75) is 25.7 Å². The second-order valence-corrected chi connectivity index (χ2v) is 7.65. The molecule has 0 saturated carbocycles. The van der Waals surface area contributed by atoms with Gasteiger partial charge in [-0.15, -0.1) is 0 Å². The van der Waals surface area contributed by atoms with Crippen LogP contribution < -0.4 is 5.56 Å². The summed E-state index contributed by atoms with van der Waals surface area (Å²) in [5, 5.41) is 0.569. The fourth-order valence-electron chi connectivity index (χ4n) is 3.89. The van der Waals surface area contributed by atoms with Crippen molar-refractivity contribution in [3.63, 3.8) is 0 Å². The van der Waals surface area contributed by atoms with Crippen LogP contribution in [-0.2, 0) is 12.7 Å². The van der Waals surface area contributed by atoms with E-state index < -0.39 is 11.7 Å². The molecular weight excluding hydrogens is 393 g/mol. The highest BCUT2D eigenvalue weighted by Crippen LogP contribution is 2.30. The molecule has 158 valence electrons. The predicted octanol–water partition coefficient (Wildman–Crippen LogP) is 3.82. The maximum atomic E-state index is 12.9. The number of nitrogens with one attached hydrogen (secondary N) is 1. The van der Waals surface area contributed by atoms with Gasteiger partial charge in [-0.2, -0.15) is 13.2 Å². The first-order valence-corrected chi connectivity index (χ1v) is 9.93. The molecule has 1 fully saturated rings. The monoisotopic (exact) mass is 416 g/mol. The number of benzene rings is 2. The smallest absolute Gasteiger partial charge is 0.309 e. The number of fused-ring (bicyclic) bond motifs is 1. The van der Waals surface area contributed by atoms with Crippen molar-refractivity contribution in [1.29, 1.82) is 0 Å². The molecule has 5 nitrogen and oxygen atoms in total. The molecule has 1 aliphatic rings. The van der Waals surface area contributed by atoms with Crippen LogP contribution in [0.1, 0.15) is 29.9 Å². The van der Waals surface area contributed by atoms with Crippen molar-refractivity contribution in [3.8, 4) is 0 Å². The van der Waals surface area contributed by atoms with Gasteiger partial charge in [0, 0.05) is 32.7 Å². The van der Waals surface area contributed by atoms with E-state index in [0.717, 1.165) is 32.2 Å². The fraction of sp³-hybridized carbons (Fsp3) is 0.364. The Morgan fingerprint density at radius 3 is 2.53 bits per heavy atom. The summed E-state index contributed by atoms with van der Waals surface area (Å²) in [5.74, 6) is 0.630. The minimum Gasteiger partial charge on any atom is -0.309 e. The number of hydrogen-bond acceptors (Lipinski definition) is 4. The summed E-state index contributed by atoms with van der Waals surface area (Å²) in [6.45, 7) is 5.46. The Hall–Kier alpha value is -2.71. The van der Waals surface area contributed by atoms with Gasteiger partial charge >= 0.3 is 6.18 Å². The molecule has 4 rings (SSSR count). The Kier molecular flexibility index (Phi) is 5.62. The van der Waals surface area contributed by atoms with Gasteiger partial charge in [-0.05, 0) is 30.7 Å². The van der Waals surface area contributed by atoms with Crippen LogP contribution in [0.3, 0.4) is 0 Å². The van der Waals surface area contributed by atoms with Crippen LogP contribution in [0.4, 0.5) is 13.2 Å². The third-order valence-corrected chi connectivity index (χ3v) is 5.64. The predicted molar refractivity (Wildman–Crippen MR) is 109 cm³/mol. The van der Waals surface area contributed by atoms with Gasteiger partial charge < -0.3 is 4.98 Å². The van der Waals surface area contributed by atoms with Crippen LogP contribution in [0.15, 0.2) is 53.3 Å². The van der Waals surface area contributed by atoms with Crippen molar-refractivity contribution in [1.82, 2.24) is 19.8 Å². The molecule has 0 unspecified atom stereocenters. The first-order chi connectivity index (χ1) is 14.3.